The van der Waals surface area contributed by atoms with E-state index in [1.54, 1.807) is 12.1 Å². The van der Waals surface area contributed by atoms with Crippen LogP contribution in [0.3, 0.4) is 0 Å². The van der Waals surface area contributed by atoms with Crippen molar-refractivity contribution < 1.29 is 46.5 Å². The quantitative estimate of drug-likeness (QED) is 0.295. The fourth-order valence-corrected chi connectivity index (χ4v) is 3.45. The predicted octanol–water partition coefficient (Wildman–Crippen LogP) is 3.11. The average Bonchev–Trinajstić information content (AvgIpc) is 2.81. The topological polar surface area (TPSA) is 94.1 Å². The lowest BCUT2D eigenvalue weighted by atomic mass is 9.98. The number of benzene rings is 2. The van der Waals surface area contributed by atoms with E-state index in [2.05, 4.69) is 10.1 Å². The maximum absolute atomic E-state index is 12.9. The molecule has 2 atom stereocenters. The third-order valence-corrected chi connectivity index (χ3v) is 5.22. The molecule has 3 rings (SSSR count). The number of alkyl halides is 3. The normalized spacial score (nSPS) is 16.1. The molecule has 0 unspecified atom stereocenters. The number of ether oxygens (including phenoxy) is 3. The largest absolute Gasteiger partial charge is 0.491 e. The van der Waals surface area contributed by atoms with Crippen molar-refractivity contribution in [1.29, 1.82) is 0 Å². The Labute approximate surface area is 199 Å². The summed E-state index contributed by atoms with van der Waals surface area (Å²) < 4.78 is 64.5. The van der Waals surface area contributed by atoms with Crippen LogP contribution in [0.4, 0.5) is 17.6 Å². The van der Waals surface area contributed by atoms with E-state index >= 15 is 0 Å². The van der Waals surface area contributed by atoms with Crippen molar-refractivity contribution in [3.05, 3.63) is 59.4 Å². The molecule has 0 aromatic heterocycles. The number of halogens is 4. The van der Waals surface area contributed by atoms with E-state index in [9.17, 15) is 32.3 Å². The molecule has 1 heterocycles. The van der Waals surface area contributed by atoms with Crippen LogP contribution in [0.15, 0.2) is 42.5 Å². The number of hydrogen-bond acceptors (Lipinski definition) is 7. The van der Waals surface area contributed by atoms with Crippen molar-refractivity contribution in [2.24, 2.45) is 0 Å². The van der Waals surface area contributed by atoms with Crippen molar-refractivity contribution in [2.45, 2.75) is 44.1 Å². The molecule has 0 radical (unpaired) electrons. The second-order valence-corrected chi connectivity index (χ2v) is 8.06. The summed E-state index contributed by atoms with van der Waals surface area (Å²) in [7, 11) is 0. The predicted molar refractivity (Wildman–Crippen MR) is 115 cm³/mol. The number of aliphatic hydroxyl groups excluding tert-OH is 1. The lowest BCUT2D eigenvalue weighted by molar-refractivity contribution is -0.201. The molecule has 0 saturated heterocycles. The summed E-state index contributed by atoms with van der Waals surface area (Å²) in [5.41, 5.74) is 1.62. The number of fused-ring (bicyclic) bond motifs is 1. The molecule has 11 heteroatoms. The van der Waals surface area contributed by atoms with Gasteiger partial charge in [-0.15, -0.1) is 0 Å². The van der Waals surface area contributed by atoms with Crippen LogP contribution in [-0.2, 0) is 27.2 Å². The number of esters is 2. The first kappa shape index (κ1) is 26.4. The van der Waals surface area contributed by atoms with Gasteiger partial charge in [0.15, 0.2) is 0 Å². The molecule has 0 spiro atoms. The number of rotatable bonds is 10. The number of aryl methyl sites for hydroxylation is 2. The Balaban J connectivity index is 1.37. The summed E-state index contributed by atoms with van der Waals surface area (Å²) in [6.07, 6.45) is -4.93. The first-order valence-electron chi connectivity index (χ1n) is 11.0. The van der Waals surface area contributed by atoms with Crippen LogP contribution in [0.5, 0.6) is 11.5 Å². The molecular weight excluding hydrogens is 474 g/mol. The van der Waals surface area contributed by atoms with Gasteiger partial charge in [0.25, 0.3) is 0 Å². The van der Waals surface area contributed by atoms with Gasteiger partial charge in [-0.25, -0.2) is 9.18 Å². The zero-order valence-corrected chi connectivity index (χ0v) is 18.6. The zero-order chi connectivity index (χ0) is 25.4. The first-order chi connectivity index (χ1) is 16.6. The summed E-state index contributed by atoms with van der Waals surface area (Å²) in [5, 5.41) is 13.2. The van der Waals surface area contributed by atoms with Gasteiger partial charge in [0.1, 0.15) is 36.1 Å². The van der Waals surface area contributed by atoms with E-state index in [0.29, 0.717) is 36.4 Å². The van der Waals surface area contributed by atoms with Crippen molar-refractivity contribution in [1.82, 2.24) is 5.32 Å². The van der Waals surface area contributed by atoms with Crippen LogP contribution < -0.4 is 14.8 Å². The highest BCUT2D eigenvalue weighted by Gasteiger charge is 2.42. The molecule has 0 amide bonds. The molecule has 1 aliphatic heterocycles. The van der Waals surface area contributed by atoms with Gasteiger partial charge in [-0.2, -0.15) is 13.2 Å². The van der Waals surface area contributed by atoms with Gasteiger partial charge in [0.2, 0.25) is 0 Å². The molecule has 35 heavy (non-hydrogen) atoms. The SMILES string of the molecule is O=C(CCc1ccc2c(c1)CC[C@H](CNC[C@H](O)COc1ccc(F)cc1)O2)OC(=O)C(F)(F)F. The van der Waals surface area contributed by atoms with Crippen molar-refractivity contribution in [3.63, 3.8) is 0 Å². The lowest BCUT2D eigenvalue weighted by Crippen LogP contribution is -2.39. The van der Waals surface area contributed by atoms with Gasteiger partial charge in [-0.1, -0.05) is 12.1 Å². The monoisotopic (exact) mass is 499 g/mol. The van der Waals surface area contributed by atoms with E-state index in [-0.39, 0.29) is 37.9 Å². The highest BCUT2D eigenvalue weighted by Crippen LogP contribution is 2.29. The summed E-state index contributed by atoms with van der Waals surface area (Å²) in [6.45, 7) is 0.821. The fourth-order valence-electron chi connectivity index (χ4n) is 3.45. The van der Waals surface area contributed by atoms with Crippen LogP contribution in [-0.4, -0.2) is 55.1 Å². The molecule has 0 fully saturated rings. The Morgan fingerprint density at radius 3 is 2.63 bits per heavy atom. The zero-order valence-electron chi connectivity index (χ0n) is 18.6. The summed E-state index contributed by atoms with van der Waals surface area (Å²) in [4.78, 5) is 22.2. The summed E-state index contributed by atoms with van der Waals surface area (Å²) >= 11 is 0. The molecule has 2 N–H and O–H groups in total. The van der Waals surface area contributed by atoms with E-state index < -0.39 is 24.2 Å². The minimum Gasteiger partial charge on any atom is -0.491 e. The summed E-state index contributed by atoms with van der Waals surface area (Å²) in [5.74, 6) is -3.00. The van der Waals surface area contributed by atoms with Gasteiger partial charge in [-0.05, 0) is 60.7 Å². The second kappa shape index (κ2) is 12.0. The maximum atomic E-state index is 12.9. The second-order valence-electron chi connectivity index (χ2n) is 8.06. The molecule has 0 aliphatic carbocycles. The van der Waals surface area contributed by atoms with Gasteiger partial charge >= 0.3 is 18.1 Å². The molecule has 7 nitrogen and oxygen atoms in total. The average molecular weight is 499 g/mol. The third kappa shape index (κ3) is 8.52. The Morgan fingerprint density at radius 2 is 1.91 bits per heavy atom. The van der Waals surface area contributed by atoms with Crippen molar-refractivity contribution >= 4 is 11.9 Å². The highest BCUT2D eigenvalue weighted by molar-refractivity contribution is 5.88. The maximum Gasteiger partial charge on any atom is 0.491 e. The van der Waals surface area contributed by atoms with E-state index in [4.69, 9.17) is 9.47 Å². The standard InChI is InChI=1S/C24H25F4NO6/c25-17-4-7-19(8-5-17)33-14-18(30)12-29-13-20-6-3-16-11-15(1-9-21(16)34-20)2-10-22(31)35-23(32)24(26,27)28/h1,4-5,7-9,11,18,20,29-30H,2-3,6,10,12-14H2/t18-,20+/m0/s1. The number of carbonyl (C=O) groups is 2. The molecule has 1 aliphatic rings. The van der Waals surface area contributed by atoms with Crippen LogP contribution in [0, 0.1) is 5.82 Å². The minimum atomic E-state index is -5.21. The van der Waals surface area contributed by atoms with Crippen molar-refractivity contribution in [3.8, 4) is 11.5 Å². The molecule has 0 bridgehead atoms. The molecular formula is C24H25F4NO6. The molecule has 2 aromatic rings. The Kier molecular flexibility index (Phi) is 9.05. The van der Waals surface area contributed by atoms with Crippen LogP contribution in [0.1, 0.15) is 24.0 Å². The summed E-state index contributed by atoms with van der Waals surface area (Å²) in [6, 6.07) is 10.8. The van der Waals surface area contributed by atoms with Crippen molar-refractivity contribution in [2.75, 3.05) is 19.7 Å². The van der Waals surface area contributed by atoms with Gasteiger partial charge < -0.3 is 24.6 Å². The smallest absolute Gasteiger partial charge is 0.491 e. The number of aliphatic hydroxyl groups is 1. The third-order valence-electron chi connectivity index (χ3n) is 5.22. The fraction of sp³-hybridized carbons (Fsp3) is 0.417. The Bertz CT molecular complexity index is 1010. The van der Waals surface area contributed by atoms with Gasteiger partial charge in [0.05, 0.1) is 6.42 Å². The number of carbonyl (C=O) groups excluding carboxylic acids is 2. The van der Waals surface area contributed by atoms with E-state index in [0.717, 1.165) is 5.56 Å². The van der Waals surface area contributed by atoms with E-state index in [1.807, 2.05) is 6.07 Å². The van der Waals surface area contributed by atoms with Crippen LogP contribution >= 0.6 is 0 Å². The van der Waals surface area contributed by atoms with Crippen LogP contribution in [0.25, 0.3) is 0 Å². The van der Waals surface area contributed by atoms with Gasteiger partial charge in [-0.3, -0.25) is 4.79 Å². The molecule has 2 aromatic carbocycles. The number of nitrogens with one attached hydrogen (secondary N) is 1. The Hall–Kier alpha value is -3.18. The minimum absolute atomic E-state index is 0.0493. The Morgan fingerprint density at radius 1 is 1.17 bits per heavy atom. The van der Waals surface area contributed by atoms with Gasteiger partial charge in [0, 0.05) is 13.1 Å². The lowest BCUT2D eigenvalue weighted by Gasteiger charge is -2.27. The first-order valence-corrected chi connectivity index (χ1v) is 11.0. The van der Waals surface area contributed by atoms with Crippen LogP contribution in [0.2, 0.25) is 0 Å². The number of hydrogen-bond donors (Lipinski definition) is 2. The van der Waals surface area contributed by atoms with E-state index in [1.165, 1.54) is 24.3 Å². The molecule has 190 valence electrons. The highest BCUT2D eigenvalue weighted by atomic mass is 19.4. The molecule has 0 saturated carbocycles.